The van der Waals surface area contributed by atoms with Gasteiger partial charge in [-0.05, 0) is 138 Å². The van der Waals surface area contributed by atoms with E-state index in [-0.39, 0.29) is 0 Å². The van der Waals surface area contributed by atoms with Crippen molar-refractivity contribution in [1.82, 2.24) is 4.57 Å². The van der Waals surface area contributed by atoms with Crippen molar-refractivity contribution in [2.24, 2.45) is 0 Å². The molecule has 0 spiro atoms. The standard InChI is InChI=1S/C57H39NS2/c1-34-27-35(2)55(36(3)28-34)50-33-41(40-21-24-52-46(29-40)44-17-10-11-20-51(44)58(52)42-15-8-5-9-16-42)32-49-48-31-39(23-26-54(48)60-57(49)50)38-22-25-53-47(30-38)45-19-12-18-43(56(45)59-53)37-13-6-4-7-14-37/h4-33H,1-3H3. The predicted molar refractivity (Wildman–Crippen MR) is 263 cm³/mol. The number of para-hydroxylation sites is 2. The van der Waals surface area contributed by atoms with Crippen molar-refractivity contribution < 1.29 is 0 Å². The summed E-state index contributed by atoms with van der Waals surface area (Å²) in [6.45, 7) is 6.75. The van der Waals surface area contributed by atoms with E-state index < -0.39 is 0 Å². The van der Waals surface area contributed by atoms with E-state index >= 15 is 0 Å². The second kappa shape index (κ2) is 13.6. The molecule has 0 aliphatic heterocycles. The average molecular weight is 802 g/mol. The number of hydrogen-bond donors (Lipinski definition) is 0. The van der Waals surface area contributed by atoms with E-state index in [1.165, 1.54) is 129 Å². The van der Waals surface area contributed by atoms with Crippen molar-refractivity contribution >= 4 is 84.8 Å². The molecular weight excluding hydrogens is 763 g/mol. The molecule has 3 heterocycles. The zero-order valence-electron chi connectivity index (χ0n) is 33.6. The van der Waals surface area contributed by atoms with Crippen LogP contribution < -0.4 is 0 Å². The third-order valence-corrected chi connectivity index (χ3v) is 14.9. The number of benzene rings is 9. The van der Waals surface area contributed by atoms with Crippen LogP contribution in [0.15, 0.2) is 182 Å². The third-order valence-electron chi connectivity index (χ3n) is 12.5. The number of rotatable bonds is 5. The Bertz CT molecular complexity index is 3650. The first-order valence-corrected chi connectivity index (χ1v) is 22.3. The summed E-state index contributed by atoms with van der Waals surface area (Å²) < 4.78 is 7.72. The number of thiophene rings is 2. The fourth-order valence-electron chi connectivity index (χ4n) is 9.85. The molecule has 12 rings (SSSR count). The van der Waals surface area contributed by atoms with Gasteiger partial charge >= 0.3 is 0 Å². The first-order valence-electron chi connectivity index (χ1n) is 20.7. The highest BCUT2D eigenvalue weighted by Gasteiger charge is 2.20. The number of hydrogen-bond acceptors (Lipinski definition) is 2. The number of aryl methyl sites for hydroxylation is 3. The summed E-state index contributed by atoms with van der Waals surface area (Å²) in [5.41, 5.74) is 17.7. The Morgan fingerprint density at radius 2 is 0.900 bits per heavy atom. The summed E-state index contributed by atoms with van der Waals surface area (Å²) in [7, 11) is 0. The van der Waals surface area contributed by atoms with Gasteiger partial charge in [0.25, 0.3) is 0 Å². The highest BCUT2D eigenvalue weighted by Crippen LogP contribution is 2.47. The Morgan fingerprint density at radius 3 is 1.63 bits per heavy atom. The molecule has 0 saturated carbocycles. The van der Waals surface area contributed by atoms with Gasteiger partial charge in [0.15, 0.2) is 0 Å². The van der Waals surface area contributed by atoms with Crippen LogP contribution in [0.1, 0.15) is 16.7 Å². The van der Waals surface area contributed by atoms with Crippen LogP contribution in [-0.4, -0.2) is 4.57 Å². The van der Waals surface area contributed by atoms with Crippen LogP contribution in [0, 0.1) is 20.8 Å². The van der Waals surface area contributed by atoms with Gasteiger partial charge in [-0.1, -0.05) is 121 Å². The topological polar surface area (TPSA) is 4.93 Å². The minimum Gasteiger partial charge on any atom is -0.309 e. The average Bonchev–Trinajstić information content (AvgIpc) is 3.95. The molecule has 0 saturated heterocycles. The first kappa shape index (κ1) is 35.2. The molecule has 0 N–H and O–H groups in total. The Balaban J connectivity index is 1.06. The third kappa shape index (κ3) is 5.50. The van der Waals surface area contributed by atoms with Gasteiger partial charge in [-0.2, -0.15) is 0 Å². The highest BCUT2D eigenvalue weighted by molar-refractivity contribution is 7.26. The maximum absolute atomic E-state index is 2.46. The maximum atomic E-state index is 2.46. The van der Waals surface area contributed by atoms with Crippen molar-refractivity contribution in [1.29, 1.82) is 0 Å². The summed E-state index contributed by atoms with van der Waals surface area (Å²) in [5, 5.41) is 7.79. The van der Waals surface area contributed by atoms with E-state index in [9.17, 15) is 0 Å². The molecule has 0 unspecified atom stereocenters. The van der Waals surface area contributed by atoms with E-state index in [0.717, 1.165) is 0 Å². The Labute approximate surface area is 357 Å². The molecule has 12 aromatic rings. The van der Waals surface area contributed by atoms with Crippen molar-refractivity contribution in [3.8, 4) is 50.2 Å². The largest absolute Gasteiger partial charge is 0.309 e. The van der Waals surface area contributed by atoms with Gasteiger partial charge in [0.2, 0.25) is 0 Å². The maximum Gasteiger partial charge on any atom is 0.0541 e. The lowest BCUT2D eigenvalue weighted by atomic mass is 9.90. The van der Waals surface area contributed by atoms with Crippen LogP contribution in [0.5, 0.6) is 0 Å². The summed E-state index contributed by atoms with van der Waals surface area (Å²) >= 11 is 3.82. The molecule has 9 aromatic carbocycles. The monoisotopic (exact) mass is 801 g/mol. The molecular formula is C57H39NS2. The van der Waals surface area contributed by atoms with Crippen molar-refractivity contribution in [3.63, 3.8) is 0 Å². The van der Waals surface area contributed by atoms with Gasteiger partial charge in [-0.25, -0.2) is 0 Å². The smallest absolute Gasteiger partial charge is 0.0541 e. The molecule has 1 nitrogen and oxygen atoms in total. The fraction of sp³-hybridized carbons (Fsp3) is 0.0526. The van der Waals surface area contributed by atoms with E-state index in [2.05, 4.69) is 207 Å². The summed E-state index contributed by atoms with van der Waals surface area (Å²) in [5.74, 6) is 0. The Morgan fingerprint density at radius 1 is 0.350 bits per heavy atom. The minimum atomic E-state index is 1.18. The van der Waals surface area contributed by atoms with Crippen LogP contribution in [0.25, 0.3) is 112 Å². The van der Waals surface area contributed by atoms with Crippen LogP contribution in [0.2, 0.25) is 0 Å². The SMILES string of the molecule is Cc1cc(C)c(-c2cc(-c3ccc4c(c3)c3ccccc3n4-c3ccccc3)cc3c2sc2ccc(-c4ccc5sc6c(-c7ccccc7)cccc6c5c4)cc23)c(C)c1. The van der Waals surface area contributed by atoms with Gasteiger partial charge in [0.05, 0.1) is 11.0 Å². The van der Waals surface area contributed by atoms with Crippen molar-refractivity contribution in [2.45, 2.75) is 20.8 Å². The van der Waals surface area contributed by atoms with Gasteiger partial charge < -0.3 is 4.57 Å². The van der Waals surface area contributed by atoms with Crippen LogP contribution in [0.4, 0.5) is 0 Å². The Hall–Kier alpha value is -6.78. The lowest BCUT2D eigenvalue weighted by Gasteiger charge is -2.15. The molecule has 0 aliphatic rings. The second-order valence-electron chi connectivity index (χ2n) is 16.3. The van der Waals surface area contributed by atoms with Gasteiger partial charge in [-0.15, -0.1) is 22.7 Å². The lowest BCUT2D eigenvalue weighted by Crippen LogP contribution is -1.93. The zero-order valence-corrected chi connectivity index (χ0v) is 35.2. The quantitative estimate of drug-likeness (QED) is 0.163. The molecule has 3 aromatic heterocycles. The van der Waals surface area contributed by atoms with Gasteiger partial charge in [0.1, 0.15) is 0 Å². The number of fused-ring (bicyclic) bond motifs is 9. The van der Waals surface area contributed by atoms with E-state index in [1.807, 2.05) is 22.7 Å². The van der Waals surface area contributed by atoms with Crippen molar-refractivity contribution in [3.05, 3.63) is 199 Å². The molecule has 0 bridgehead atoms. The molecule has 0 aliphatic carbocycles. The molecule has 284 valence electrons. The van der Waals surface area contributed by atoms with Crippen LogP contribution in [-0.2, 0) is 0 Å². The zero-order chi connectivity index (χ0) is 40.1. The van der Waals surface area contributed by atoms with E-state index in [1.54, 1.807) is 0 Å². The molecule has 60 heavy (non-hydrogen) atoms. The van der Waals surface area contributed by atoms with E-state index in [0.29, 0.717) is 0 Å². The summed E-state index contributed by atoms with van der Waals surface area (Å²) in [4.78, 5) is 0. The number of nitrogens with zero attached hydrogens (tertiary/aromatic N) is 1. The van der Waals surface area contributed by atoms with Gasteiger partial charge in [0, 0.05) is 62.4 Å². The molecule has 3 heteroatoms. The number of aromatic nitrogens is 1. The molecule has 0 fully saturated rings. The normalized spacial score (nSPS) is 11.9. The van der Waals surface area contributed by atoms with Gasteiger partial charge in [-0.3, -0.25) is 0 Å². The lowest BCUT2D eigenvalue weighted by molar-refractivity contribution is 1.18. The highest BCUT2D eigenvalue weighted by atomic mass is 32.1. The molecule has 0 atom stereocenters. The minimum absolute atomic E-state index is 1.18. The second-order valence-corrected chi connectivity index (χ2v) is 18.4. The van der Waals surface area contributed by atoms with Crippen LogP contribution in [0.3, 0.4) is 0 Å². The molecule has 0 radical (unpaired) electrons. The molecule has 0 amide bonds. The predicted octanol–water partition coefficient (Wildman–Crippen LogP) is 17.1. The first-order chi connectivity index (χ1) is 29.5. The van der Waals surface area contributed by atoms with Crippen molar-refractivity contribution in [2.75, 3.05) is 0 Å². The Kier molecular flexibility index (Phi) is 8.00. The summed E-state index contributed by atoms with van der Waals surface area (Å²) in [6, 6.07) is 67.9. The van der Waals surface area contributed by atoms with Crippen LogP contribution >= 0.6 is 22.7 Å². The fourth-order valence-corrected chi connectivity index (χ4v) is 12.2. The van der Waals surface area contributed by atoms with E-state index in [4.69, 9.17) is 0 Å². The summed E-state index contributed by atoms with van der Waals surface area (Å²) in [6.07, 6.45) is 0.